The Bertz CT molecular complexity index is 775. The Morgan fingerprint density at radius 3 is 2.57 bits per heavy atom. The summed E-state index contributed by atoms with van der Waals surface area (Å²) in [6.07, 6.45) is 0. The summed E-state index contributed by atoms with van der Waals surface area (Å²) in [6.45, 7) is 2.74. The van der Waals surface area contributed by atoms with Crippen molar-refractivity contribution >= 4 is 25.5 Å². The van der Waals surface area contributed by atoms with E-state index in [4.69, 9.17) is 5.73 Å². The molecule has 1 aromatic carbocycles. The molecule has 6 nitrogen and oxygen atoms in total. The zero-order chi connectivity index (χ0) is 16.0. The molecule has 1 saturated heterocycles. The summed E-state index contributed by atoms with van der Waals surface area (Å²) in [5.74, 6) is -1.39. The Labute approximate surface area is 123 Å². The van der Waals surface area contributed by atoms with Gasteiger partial charge in [-0.3, -0.25) is 0 Å². The largest absolute Gasteiger partial charge is 0.399 e. The van der Waals surface area contributed by atoms with Crippen LogP contribution in [-0.4, -0.2) is 45.2 Å². The normalized spacial score (nSPS) is 23.1. The standard InChI is InChI=1S/C12H17FN2O4S2/c1-8-5-10(14)6-11(12(8)13)21(18,19)15-3-4-20(16,17)7-9(15)2/h5-6,9H,3-4,7,14H2,1-2H3. The van der Waals surface area contributed by atoms with Gasteiger partial charge in [-0.1, -0.05) is 0 Å². The van der Waals surface area contributed by atoms with E-state index in [0.29, 0.717) is 0 Å². The maximum absolute atomic E-state index is 14.1. The van der Waals surface area contributed by atoms with Crippen molar-refractivity contribution in [3.8, 4) is 0 Å². The van der Waals surface area contributed by atoms with E-state index in [1.54, 1.807) is 0 Å². The molecule has 9 heteroatoms. The van der Waals surface area contributed by atoms with Gasteiger partial charge >= 0.3 is 0 Å². The number of nitrogens with two attached hydrogens (primary N) is 1. The number of aryl methyl sites for hydroxylation is 1. The van der Waals surface area contributed by atoms with Crippen LogP contribution in [0.3, 0.4) is 0 Å². The number of hydrogen-bond acceptors (Lipinski definition) is 5. The summed E-state index contributed by atoms with van der Waals surface area (Å²) >= 11 is 0. The van der Waals surface area contributed by atoms with Crippen molar-refractivity contribution in [2.75, 3.05) is 23.8 Å². The van der Waals surface area contributed by atoms with Crippen LogP contribution < -0.4 is 5.73 Å². The van der Waals surface area contributed by atoms with Crippen molar-refractivity contribution in [2.24, 2.45) is 0 Å². The maximum Gasteiger partial charge on any atom is 0.246 e. The Hall–Kier alpha value is -1.19. The van der Waals surface area contributed by atoms with Crippen LogP contribution in [0.1, 0.15) is 12.5 Å². The molecule has 1 aliphatic heterocycles. The van der Waals surface area contributed by atoms with Crippen molar-refractivity contribution < 1.29 is 21.2 Å². The molecule has 1 atom stereocenters. The van der Waals surface area contributed by atoms with E-state index in [0.717, 1.165) is 10.4 Å². The van der Waals surface area contributed by atoms with Crippen molar-refractivity contribution in [3.05, 3.63) is 23.5 Å². The highest BCUT2D eigenvalue weighted by molar-refractivity contribution is 7.92. The molecule has 0 radical (unpaired) electrons. The Kier molecular flexibility index (Phi) is 4.02. The van der Waals surface area contributed by atoms with E-state index in [1.165, 1.54) is 19.9 Å². The van der Waals surface area contributed by atoms with E-state index in [1.807, 2.05) is 0 Å². The number of nitrogen functional groups attached to an aromatic ring is 1. The molecule has 0 spiro atoms. The minimum absolute atomic E-state index is 0.130. The highest BCUT2D eigenvalue weighted by Crippen LogP contribution is 2.27. The molecule has 0 saturated carbocycles. The van der Waals surface area contributed by atoms with Crippen LogP contribution in [0.5, 0.6) is 0 Å². The molecule has 118 valence electrons. The summed E-state index contributed by atoms with van der Waals surface area (Å²) in [7, 11) is -7.38. The lowest BCUT2D eigenvalue weighted by Gasteiger charge is -2.32. The van der Waals surface area contributed by atoms with E-state index in [-0.39, 0.29) is 29.3 Å². The maximum atomic E-state index is 14.1. The van der Waals surface area contributed by atoms with E-state index < -0.39 is 36.6 Å². The number of rotatable bonds is 2. The second-order valence-corrected chi connectivity index (χ2v) is 9.32. The van der Waals surface area contributed by atoms with Gasteiger partial charge in [-0.25, -0.2) is 21.2 Å². The number of sulfone groups is 1. The first-order valence-corrected chi connectivity index (χ1v) is 9.58. The molecule has 1 aliphatic rings. The van der Waals surface area contributed by atoms with Crippen LogP contribution in [0.25, 0.3) is 0 Å². The summed E-state index contributed by atoms with van der Waals surface area (Å²) in [5, 5.41) is 0. The molecule has 0 aromatic heterocycles. The van der Waals surface area contributed by atoms with E-state index in [2.05, 4.69) is 0 Å². The Morgan fingerprint density at radius 2 is 2.00 bits per heavy atom. The molecule has 1 aromatic rings. The van der Waals surface area contributed by atoms with E-state index >= 15 is 0 Å². The molecular formula is C12H17FN2O4S2. The summed E-state index contributed by atoms with van der Waals surface area (Å²) in [5.41, 5.74) is 5.86. The Morgan fingerprint density at radius 1 is 1.38 bits per heavy atom. The van der Waals surface area contributed by atoms with Crippen LogP contribution >= 0.6 is 0 Å². The van der Waals surface area contributed by atoms with Gasteiger partial charge in [0.25, 0.3) is 0 Å². The average Bonchev–Trinajstić information content (AvgIpc) is 2.31. The third-order valence-corrected chi connectivity index (χ3v) is 7.25. The van der Waals surface area contributed by atoms with Gasteiger partial charge in [-0.15, -0.1) is 0 Å². The summed E-state index contributed by atoms with van der Waals surface area (Å²) < 4.78 is 63.3. The molecule has 0 aliphatic carbocycles. The second kappa shape index (κ2) is 5.22. The molecule has 0 amide bonds. The quantitative estimate of drug-likeness (QED) is 0.794. The third kappa shape index (κ3) is 3.04. The predicted octanol–water partition coefficient (Wildman–Crippen LogP) is 0.524. The van der Waals surface area contributed by atoms with Crippen LogP contribution in [0.2, 0.25) is 0 Å². The van der Waals surface area contributed by atoms with Crippen molar-refractivity contribution in [3.63, 3.8) is 0 Å². The zero-order valence-electron chi connectivity index (χ0n) is 11.7. The fourth-order valence-corrected chi connectivity index (χ4v) is 5.99. The number of nitrogens with zero attached hydrogens (tertiary/aromatic N) is 1. The van der Waals surface area contributed by atoms with Gasteiger partial charge in [0.2, 0.25) is 10.0 Å². The van der Waals surface area contributed by atoms with E-state index in [9.17, 15) is 21.2 Å². The molecule has 1 fully saturated rings. The van der Waals surface area contributed by atoms with Gasteiger partial charge in [0.05, 0.1) is 11.5 Å². The second-order valence-electron chi connectivity index (χ2n) is 5.23. The monoisotopic (exact) mass is 336 g/mol. The van der Waals surface area contributed by atoms with Crippen molar-refractivity contribution in [1.29, 1.82) is 0 Å². The van der Waals surface area contributed by atoms with Crippen LogP contribution in [0.15, 0.2) is 17.0 Å². The first kappa shape index (κ1) is 16.2. The summed E-state index contributed by atoms with van der Waals surface area (Å²) in [4.78, 5) is -0.508. The predicted molar refractivity (Wildman–Crippen MR) is 77.6 cm³/mol. The fourth-order valence-electron chi connectivity index (χ4n) is 2.42. The first-order chi connectivity index (χ1) is 9.54. The lowest BCUT2D eigenvalue weighted by atomic mass is 10.2. The lowest BCUT2D eigenvalue weighted by Crippen LogP contribution is -2.49. The first-order valence-electron chi connectivity index (χ1n) is 6.32. The minimum atomic E-state index is -4.12. The molecule has 2 N–H and O–H groups in total. The van der Waals surface area contributed by atoms with Gasteiger partial charge in [0, 0.05) is 18.3 Å². The molecule has 1 heterocycles. The zero-order valence-corrected chi connectivity index (χ0v) is 13.3. The van der Waals surface area contributed by atoms with Gasteiger partial charge in [-0.2, -0.15) is 4.31 Å². The van der Waals surface area contributed by atoms with Gasteiger partial charge in [0.1, 0.15) is 10.7 Å². The van der Waals surface area contributed by atoms with Gasteiger partial charge < -0.3 is 5.73 Å². The highest BCUT2D eigenvalue weighted by Gasteiger charge is 2.38. The fraction of sp³-hybridized carbons (Fsp3) is 0.500. The molecule has 1 unspecified atom stereocenters. The topological polar surface area (TPSA) is 97.5 Å². The third-order valence-electron chi connectivity index (χ3n) is 3.44. The highest BCUT2D eigenvalue weighted by atomic mass is 32.2. The smallest absolute Gasteiger partial charge is 0.246 e. The molecule has 2 rings (SSSR count). The van der Waals surface area contributed by atoms with Crippen LogP contribution in [0.4, 0.5) is 10.1 Å². The lowest BCUT2D eigenvalue weighted by molar-refractivity contribution is 0.354. The van der Waals surface area contributed by atoms with Crippen LogP contribution in [-0.2, 0) is 19.9 Å². The Balaban J connectivity index is 2.49. The summed E-state index contributed by atoms with van der Waals surface area (Å²) in [6, 6.07) is 1.67. The number of benzene rings is 1. The van der Waals surface area contributed by atoms with Crippen molar-refractivity contribution in [1.82, 2.24) is 4.31 Å². The van der Waals surface area contributed by atoms with Crippen molar-refractivity contribution in [2.45, 2.75) is 24.8 Å². The van der Waals surface area contributed by atoms with Crippen LogP contribution in [0, 0.1) is 12.7 Å². The van der Waals surface area contributed by atoms with Gasteiger partial charge in [0.15, 0.2) is 9.84 Å². The molecular weight excluding hydrogens is 319 g/mol. The molecule has 21 heavy (non-hydrogen) atoms. The minimum Gasteiger partial charge on any atom is -0.399 e. The van der Waals surface area contributed by atoms with Gasteiger partial charge in [-0.05, 0) is 31.5 Å². The number of hydrogen-bond donors (Lipinski definition) is 1. The SMILES string of the molecule is Cc1cc(N)cc(S(=O)(=O)N2CCS(=O)(=O)CC2C)c1F. The molecule has 0 bridgehead atoms. The average molecular weight is 336 g/mol. The number of halogens is 1. The number of sulfonamides is 1. The number of anilines is 1.